The van der Waals surface area contributed by atoms with E-state index in [-0.39, 0.29) is 11.7 Å². The Balaban J connectivity index is 2.06. The van der Waals surface area contributed by atoms with Crippen molar-refractivity contribution in [3.8, 4) is 0 Å². The van der Waals surface area contributed by atoms with Gasteiger partial charge in [0, 0.05) is 15.6 Å². The molecule has 0 saturated heterocycles. The first-order valence-corrected chi connectivity index (χ1v) is 9.13. The fraction of sp³-hybridized carbons (Fsp3) is 0.176. The van der Waals surface area contributed by atoms with Crippen LogP contribution in [0.25, 0.3) is 0 Å². The van der Waals surface area contributed by atoms with Crippen LogP contribution >= 0.6 is 35.0 Å². The summed E-state index contributed by atoms with van der Waals surface area (Å²) in [6.07, 6.45) is 0. The van der Waals surface area contributed by atoms with Crippen LogP contribution in [-0.4, -0.2) is 23.6 Å². The third-order valence-corrected chi connectivity index (χ3v) is 4.87. The van der Waals surface area contributed by atoms with E-state index in [1.54, 1.807) is 25.1 Å². The van der Waals surface area contributed by atoms with Crippen molar-refractivity contribution < 1.29 is 9.59 Å². The summed E-state index contributed by atoms with van der Waals surface area (Å²) in [4.78, 5) is 24.2. The van der Waals surface area contributed by atoms with Gasteiger partial charge in [-0.25, -0.2) is 0 Å². The fourth-order valence-corrected chi connectivity index (χ4v) is 3.09. The fourth-order valence-electron chi connectivity index (χ4n) is 1.99. The predicted molar refractivity (Wildman–Crippen MR) is 105 cm³/mol. The van der Waals surface area contributed by atoms with Crippen LogP contribution in [0.5, 0.6) is 0 Å². The van der Waals surface area contributed by atoms with Crippen LogP contribution in [-0.2, 0) is 9.59 Å². The SMILES string of the molecule is C[C@@H](Nc1ccccc1SCC(N)=O)C(=O)Nc1cc(Cl)ccc1Cl. The molecule has 2 rings (SSSR count). The summed E-state index contributed by atoms with van der Waals surface area (Å²) in [5.41, 5.74) is 6.38. The highest BCUT2D eigenvalue weighted by molar-refractivity contribution is 8.00. The lowest BCUT2D eigenvalue weighted by molar-refractivity contribution is -0.117. The van der Waals surface area contributed by atoms with Gasteiger partial charge in [-0.2, -0.15) is 0 Å². The number of carbonyl (C=O) groups excluding carboxylic acids is 2. The van der Waals surface area contributed by atoms with Gasteiger partial charge in [-0.1, -0.05) is 35.3 Å². The van der Waals surface area contributed by atoms with E-state index in [1.165, 1.54) is 11.8 Å². The van der Waals surface area contributed by atoms with Crippen LogP contribution in [0.1, 0.15) is 6.92 Å². The number of benzene rings is 2. The first kappa shape index (κ1) is 19.4. The molecule has 0 radical (unpaired) electrons. The maximum atomic E-state index is 12.4. The standard InChI is InChI=1S/C17H17Cl2N3O2S/c1-10(17(24)22-14-8-11(18)6-7-12(14)19)21-13-4-2-3-5-15(13)25-9-16(20)23/h2-8,10,21H,9H2,1H3,(H2,20,23)(H,22,24)/t10-/m1/s1. The highest BCUT2D eigenvalue weighted by Gasteiger charge is 2.16. The monoisotopic (exact) mass is 397 g/mol. The Bertz CT molecular complexity index is 786. The molecule has 0 heterocycles. The summed E-state index contributed by atoms with van der Waals surface area (Å²) in [6.45, 7) is 1.73. The van der Waals surface area contributed by atoms with Crippen LogP contribution in [0.15, 0.2) is 47.4 Å². The average molecular weight is 398 g/mol. The molecule has 2 amide bonds. The van der Waals surface area contributed by atoms with Crippen molar-refractivity contribution in [2.45, 2.75) is 17.9 Å². The number of halogens is 2. The third-order valence-electron chi connectivity index (χ3n) is 3.21. The number of nitrogens with one attached hydrogen (secondary N) is 2. The zero-order valence-corrected chi connectivity index (χ0v) is 15.7. The van der Waals surface area contributed by atoms with E-state index in [0.29, 0.717) is 15.7 Å². The van der Waals surface area contributed by atoms with Crippen molar-refractivity contribution in [3.63, 3.8) is 0 Å². The lowest BCUT2D eigenvalue weighted by atomic mass is 10.2. The van der Waals surface area contributed by atoms with Crippen LogP contribution in [0.4, 0.5) is 11.4 Å². The van der Waals surface area contributed by atoms with E-state index in [0.717, 1.165) is 10.6 Å². The van der Waals surface area contributed by atoms with Gasteiger partial charge in [0.25, 0.3) is 0 Å². The molecule has 2 aromatic carbocycles. The first-order chi connectivity index (χ1) is 11.9. The molecule has 4 N–H and O–H groups in total. The van der Waals surface area contributed by atoms with E-state index in [1.807, 2.05) is 24.3 Å². The number of thioether (sulfide) groups is 1. The molecule has 25 heavy (non-hydrogen) atoms. The van der Waals surface area contributed by atoms with Gasteiger partial charge >= 0.3 is 0 Å². The minimum Gasteiger partial charge on any atom is -0.373 e. The third kappa shape index (κ3) is 5.85. The van der Waals surface area contributed by atoms with Crippen molar-refractivity contribution in [2.75, 3.05) is 16.4 Å². The Morgan fingerprint density at radius 1 is 1.16 bits per heavy atom. The minimum atomic E-state index is -0.537. The van der Waals surface area contributed by atoms with E-state index in [4.69, 9.17) is 28.9 Å². The van der Waals surface area contributed by atoms with E-state index in [9.17, 15) is 9.59 Å². The van der Waals surface area contributed by atoms with Crippen molar-refractivity contribution in [1.29, 1.82) is 0 Å². The van der Waals surface area contributed by atoms with Gasteiger partial charge in [0.05, 0.1) is 16.5 Å². The largest absolute Gasteiger partial charge is 0.373 e. The second-order valence-corrected chi connectivity index (χ2v) is 7.09. The molecule has 132 valence electrons. The number of hydrogen-bond acceptors (Lipinski definition) is 4. The number of rotatable bonds is 7. The Morgan fingerprint density at radius 2 is 1.88 bits per heavy atom. The van der Waals surface area contributed by atoms with Crippen molar-refractivity contribution in [2.24, 2.45) is 5.73 Å². The summed E-state index contributed by atoms with van der Waals surface area (Å²) in [7, 11) is 0. The summed E-state index contributed by atoms with van der Waals surface area (Å²) in [5.74, 6) is -0.503. The second kappa shape index (κ2) is 8.99. The van der Waals surface area contributed by atoms with Gasteiger partial charge in [0.15, 0.2) is 0 Å². The smallest absolute Gasteiger partial charge is 0.246 e. The van der Waals surface area contributed by atoms with Gasteiger partial charge < -0.3 is 16.4 Å². The Hall–Kier alpha value is -1.89. The molecular weight excluding hydrogens is 381 g/mol. The molecule has 0 unspecified atom stereocenters. The average Bonchev–Trinajstić information content (AvgIpc) is 2.57. The Morgan fingerprint density at radius 3 is 2.60 bits per heavy atom. The van der Waals surface area contributed by atoms with Gasteiger partial charge in [-0.3, -0.25) is 9.59 Å². The van der Waals surface area contributed by atoms with Crippen LogP contribution in [0.2, 0.25) is 10.0 Å². The van der Waals surface area contributed by atoms with Gasteiger partial charge in [0.1, 0.15) is 6.04 Å². The van der Waals surface area contributed by atoms with Gasteiger partial charge in [-0.05, 0) is 37.3 Å². The van der Waals surface area contributed by atoms with E-state index >= 15 is 0 Å². The molecule has 0 aromatic heterocycles. The van der Waals surface area contributed by atoms with E-state index in [2.05, 4.69) is 10.6 Å². The normalized spacial score (nSPS) is 11.6. The number of hydrogen-bond donors (Lipinski definition) is 3. The topological polar surface area (TPSA) is 84.2 Å². The molecule has 0 spiro atoms. The zero-order chi connectivity index (χ0) is 18.4. The number of anilines is 2. The van der Waals surface area contributed by atoms with Crippen molar-refractivity contribution in [1.82, 2.24) is 0 Å². The molecule has 5 nitrogen and oxygen atoms in total. The lowest BCUT2D eigenvalue weighted by Crippen LogP contribution is -2.32. The molecule has 0 aliphatic carbocycles. The molecule has 0 aliphatic rings. The molecule has 0 aliphatic heterocycles. The van der Waals surface area contributed by atoms with Crippen LogP contribution < -0.4 is 16.4 Å². The van der Waals surface area contributed by atoms with Crippen molar-refractivity contribution >= 4 is 58.2 Å². The molecule has 8 heteroatoms. The summed E-state index contributed by atoms with van der Waals surface area (Å²) in [6, 6.07) is 11.7. The molecule has 2 aromatic rings. The molecule has 0 saturated carbocycles. The second-order valence-electron chi connectivity index (χ2n) is 5.23. The summed E-state index contributed by atoms with van der Waals surface area (Å²) >= 11 is 13.3. The number of primary amides is 1. The highest BCUT2D eigenvalue weighted by atomic mass is 35.5. The summed E-state index contributed by atoms with van der Waals surface area (Å²) < 4.78 is 0. The molecule has 0 fully saturated rings. The zero-order valence-electron chi connectivity index (χ0n) is 13.4. The molecule has 1 atom stereocenters. The van der Waals surface area contributed by atoms with Crippen LogP contribution in [0.3, 0.4) is 0 Å². The number of amides is 2. The number of carbonyl (C=O) groups is 2. The maximum Gasteiger partial charge on any atom is 0.246 e. The number of para-hydroxylation sites is 1. The van der Waals surface area contributed by atoms with E-state index < -0.39 is 11.9 Å². The molecular formula is C17H17Cl2N3O2S. The summed E-state index contributed by atoms with van der Waals surface area (Å²) in [5, 5.41) is 6.75. The van der Waals surface area contributed by atoms with Crippen LogP contribution in [0, 0.1) is 0 Å². The maximum absolute atomic E-state index is 12.4. The quantitative estimate of drug-likeness (QED) is 0.616. The minimum absolute atomic E-state index is 0.164. The highest BCUT2D eigenvalue weighted by Crippen LogP contribution is 2.28. The molecule has 0 bridgehead atoms. The number of nitrogens with two attached hydrogens (primary N) is 1. The Labute approximate surface area is 160 Å². The van der Waals surface area contributed by atoms with Gasteiger partial charge in [0.2, 0.25) is 11.8 Å². The Kier molecular flexibility index (Phi) is 6.99. The first-order valence-electron chi connectivity index (χ1n) is 7.39. The van der Waals surface area contributed by atoms with Crippen molar-refractivity contribution in [3.05, 3.63) is 52.5 Å². The lowest BCUT2D eigenvalue weighted by Gasteiger charge is -2.18. The predicted octanol–water partition coefficient (Wildman–Crippen LogP) is 4.01. The van der Waals surface area contributed by atoms with Gasteiger partial charge in [-0.15, -0.1) is 11.8 Å².